The molecule has 3 rings (SSSR count). The summed E-state index contributed by atoms with van der Waals surface area (Å²) in [4.78, 5) is 32.3. The van der Waals surface area contributed by atoms with Crippen LogP contribution in [0.5, 0.6) is 5.75 Å². The van der Waals surface area contributed by atoms with Gasteiger partial charge in [0, 0.05) is 22.5 Å². The van der Waals surface area contributed by atoms with Gasteiger partial charge in [-0.15, -0.1) is 0 Å². The zero-order chi connectivity index (χ0) is 24.7. The topological polar surface area (TPSA) is 108 Å². The van der Waals surface area contributed by atoms with Crippen LogP contribution in [0.15, 0.2) is 53.8 Å². The molecule has 9 nitrogen and oxygen atoms in total. The lowest BCUT2D eigenvalue weighted by Gasteiger charge is -2.18. The Morgan fingerprint density at radius 1 is 1.26 bits per heavy atom. The van der Waals surface area contributed by atoms with E-state index in [1.807, 2.05) is 0 Å². The van der Waals surface area contributed by atoms with Crippen molar-refractivity contribution >= 4 is 68.8 Å². The summed E-state index contributed by atoms with van der Waals surface area (Å²) in [5.41, 5.74) is 1.04. The van der Waals surface area contributed by atoms with Crippen molar-refractivity contribution in [1.29, 1.82) is 0 Å². The molecule has 0 unspecified atom stereocenters. The Morgan fingerprint density at radius 3 is 2.76 bits per heavy atom. The number of carbonyl (C=O) groups excluding carboxylic acids is 2. The fourth-order valence-corrected chi connectivity index (χ4v) is 3.37. The van der Waals surface area contributed by atoms with E-state index in [0.717, 1.165) is 6.08 Å². The summed E-state index contributed by atoms with van der Waals surface area (Å²) in [7, 11) is 0. The Bertz CT molecular complexity index is 1230. The van der Waals surface area contributed by atoms with Crippen LogP contribution in [0.25, 0.3) is 10.9 Å². The minimum atomic E-state index is -0.468. The summed E-state index contributed by atoms with van der Waals surface area (Å²) in [6, 6.07) is 7.49. The van der Waals surface area contributed by atoms with Crippen molar-refractivity contribution in [1.82, 2.24) is 19.6 Å². The van der Waals surface area contributed by atoms with Crippen LogP contribution in [0.3, 0.4) is 0 Å². The summed E-state index contributed by atoms with van der Waals surface area (Å²) >= 11 is 7.36. The number of carbonyl (C=O) groups is 2. The quantitative estimate of drug-likeness (QED) is 0.229. The molecule has 34 heavy (non-hydrogen) atoms. The van der Waals surface area contributed by atoms with Crippen molar-refractivity contribution in [3.63, 3.8) is 0 Å². The van der Waals surface area contributed by atoms with E-state index in [1.54, 1.807) is 31.2 Å². The van der Waals surface area contributed by atoms with Crippen LogP contribution in [0.4, 0.5) is 26.4 Å². The Balaban J connectivity index is 1.91. The molecule has 0 bridgehead atoms. The van der Waals surface area contributed by atoms with E-state index >= 15 is 0 Å². The van der Waals surface area contributed by atoms with Gasteiger partial charge in [0.15, 0.2) is 0 Å². The first-order chi connectivity index (χ1) is 16.3. The van der Waals surface area contributed by atoms with Gasteiger partial charge in [-0.3, -0.25) is 9.10 Å². The van der Waals surface area contributed by atoms with Crippen molar-refractivity contribution in [2.45, 2.75) is 6.92 Å². The molecule has 1 aromatic heterocycles. The second-order valence-corrected chi connectivity index (χ2v) is 8.24. The van der Waals surface area contributed by atoms with Gasteiger partial charge in [0.25, 0.3) is 0 Å². The largest absolute Gasteiger partial charge is 0.489 e. The van der Waals surface area contributed by atoms with Gasteiger partial charge >= 0.3 is 6.03 Å². The Kier molecular flexibility index (Phi) is 8.66. The third kappa shape index (κ3) is 6.35. The standard InChI is InChI=1S/C22H22BrFN6O3S/c1-3-20(31)28-18-10-14-17(11-19(18)33-8-7-30(34)22(32)25-4-2)26-12-27-21(14)29-16-6-5-13(23)9-15(16)24/h3,5-6,9-12,34H,1,4,7-8H2,2H3,(H,25,32)(H,28,31)(H,26,27,29). The van der Waals surface area contributed by atoms with Gasteiger partial charge in [-0.25, -0.2) is 19.2 Å². The molecule has 1 heterocycles. The van der Waals surface area contributed by atoms with Gasteiger partial charge in [0.2, 0.25) is 5.91 Å². The van der Waals surface area contributed by atoms with E-state index in [1.165, 1.54) is 16.7 Å². The Labute approximate surface area is 209 Å². The number of aromatic nitrogens is 2. The molecule has 0 fully saturated rings. The minimum absolute atomic E-state index is 0.101. The first-order valence-corrected chi connectivity index (χ1v) is 11.3. The molecule has 0 aliphatic rings. The molecule has 0 saturated heterocycles. The summed E-state index contributed by atoms with van der Waals surface area (Å²) in [5, 5.41) is 8.80. The summed E-state index contributed by atoms with van der Waals surface area (Å²) < 4.78 is 21.9. The number of thiol groups is 1. The highest BCUT2D eigenvalue weighted by molar-refractivity contribution is 9.10. The number of hydrogen-bond acceptors (Lipinski definition) is 7. The number of hydrogen-bond donors (Lipinski definition) is 4. The second kappa shape index (κ2) is 11.7. The monoisotopic (exact) mass is 548 g/mol. The van der Waals surface area contributed by atoms with E-state index < -0.39 is 11.7 Å². The van der Waals surface area contributed by atoms with Crippen molar-refractivity contribution in [3.05, 3.63) is 59.6 Å². The zero-order valence-electron chi connectivity index (χ0n) is 18.1. The number of amides is 3. The maximum atomic E-state index is 14.3. The molecule has 12 heteroatoms. The molecule has 0 saturated carbocycles. The predicted molar refractivity (Wildman–Crippen MR) is 136 cm³/mol. The molecular formula is C22H22BrFN6O3S. The molecule has 0 spiro atoms. The van der Waals surface area contributed by atoms with Crippen LogP contribution < -0.4 is 20.7 Å². The van der Waals surface area contributed by atoms with Crippen LogP contribution in [0.2, 0.25) is 0 Å². The number of nitrogens with zero attached hydrogens (tertiary/aromatic N) is 3. The number of urea groups is 1. The fourth-order valence-electron chi connectivity index (χ4n) is 2.89. The van der Waals surface area contributed by atoms with Crippen molar-refractivity contribution in [3.8, 4) is 5.75 Å². The maximum Gasteiger partial charge on any atom is 0.327 e. The van der Waals surface area contributed by atoms with Gasteiger partial charge in [-0.1, -0.05) is 35.3 Å². The zero-order valence-corrected chi connectivity index (χ0v) is 20.6. The van der Waals surface area contributed by atoms with E-state index in [0.29, 0.717) is 39.2 Å². The van der Waals surface area contributed by atoms with Crippen LogP contribution in [0.1, 0.15) is 6.92 Å². The van der Waals surface area contributed by atoms with E-state index in [2.05, 4.69) is 61.2 Å². The maximum absolute atomic E-state index is 14.3. The lowest BCUT2D eigenvalue weighted by Crippen LogP contribution is -2.36. The number of rotatable bonds is 9. The fraction of sp³-hybridized carbons (Fsp3) is 0.182. The van der Waals surface area contributed by atoms with Gasteiger partial charge in [0.1, 0.15) is 30.3 Å². The van der Waals surface area contributed by atoms with Crippen molar-refractivity contribution < 1.29 is 18.7 Å². The highest BCUT2D eigenvalue weighted by Gasteiger charge is 2.15. The van der Waals surface area contributed by atoms with Crippen molar-refractivity contribution in [2.75, 3.05) is 30.3 Å². The lowest BCUT2D eigenvalue weighted by molar-refractivity contribution is -0.111. The molecule has 0 aliphatic carbocycles. The molecular weight excluding hydrogens is 527 g/mol. The van der Waals surface area contributed by atoms with E-state index in [-0.39, 0.29) is 24.9 Å². The minimum Gasteiger partial charge on any atom is -0.489 e. The SMILES string of the molecule is C=CC(=O)Nc1cc2c(Nc3ccc(Br)cc3F)ncnc2cc1OCCN(S)C(=O)NCC. The molecule has 178 valence electrons. The third-order valence-electron chi connectivity index (χ3n) is 4.49. The molecule has 2 aromatic carbocycles. The number of nitrogens with one attached hydrogen (secondary N) is 3. The molecule has 0 aliphatic heterocycles. The molecule has 3 N–H and O–H groups in total. The summed E-state index contributed by atoms with van der Waals surface area (Å²) in [5.74, 6) is -0.262. The average molecular weight is 549 g/mol. The number of anilines is 3. The Morgan fingerprint density at radius 2 is 2.06 bits per heavy atom. The van der Waals surface area contributed by atoms with Gasteiger partial charge < -0.3 is 20.7 Å². The number of fused-ring (bicyclic) bond motifs is 1. The van der Waals surface area contributed by atoms with Crippen LogP contribution in [0, 0.1) is 5.82 Å². The number of ether oxygens (including phenoxy) is 1. The smallest absolute Gasteiger partial charge is 0.327 e. The van der Waals surface area contributed by atoms with Crippen LogP contribution in [-0.4, -0.2) is 45.9 Å². The predicted octanol–water partition coefficient (Wildman–Crippen LogP) is 4.65. The Hall–Kier alpha value is -3.38. The van der Waals surface area contributed by atoms with Gasteiger partial charge in [-0.2, -0.15) is 0 Å². The van der Waals surface area contributed by atoms with Crippen molar-refractivity contribution in [2.24, 2.45) is 0 Å². The second-order valence-electron chi connectivity index (χ2n) is 6.84. The molecule has 3 amide bonds. The average Bonchev–Trinajstić information content (AvgIpc) is 2.81. The third-order valence-corrected chi connectivity index (χ3v) is 5.36. The molecule has 0 atom stereocenters. The lowest BCUT2D eigenvalue weighted by atomic mass is 10.1. The first kappa shape index (κ1) is 25.2. The first-order valence-electron chi connectivity index (χ1n) is 10.1. The summed E-state index contributed by atoms with van der Waals surface area (Å²) in [6.45, 7) is 6.02. The van der Waals surface area contributed by atoms with Crippen LogP contribution >= 0.6 is 28.7 Å². The normalized spacial score (nSPS) is 10.5. The van der Waals surface area contributed by atoms with Crippen LogP contribution in [-0.2, 0) is 4.79 Å². The molecule has 3 aromatic rings. The molecule has 0 radical (unpaired) electrons. The highest BCUT2D eigenvalue weighted by atomic mass is 79.9. The highest BCUT2D eigenvalue weighted by Crippen LogP contribution is 2.34. The van der Waals surface area contributed by atoms with E-state index in [4.69, 9.17) is 4.74 Å². The van der Waals surface area contributed by atoms with E-state index in [9.17, 15) is 14.0 Å². The van der Waals surface area contributed by atoms with Gasteiger partial charge in [0.05, 0.1) is 23.4 Å². The number of benzene rings is 2. The summed E-state index contributed by atoms with van der Waals surface area (Å²) in [6.07, 6.45) is 2.45. The number of halogens is 2. The van der Waals surface area contributed by atoms with Gasteiger partial charge in [-0.05, 0) is 37.3 Å².